The van der Waals surface area contributed by atoms with Crippen molar-refractivity contribution in [2.75, 3.05) is 6.26 Å². The standard InChI is InChI=1S/C7H6ClN3S/c1-12-7-9-5-3-2-4-11(5)6(8)10-7/h2-4H,1H3. The SMILES string of the molecule is CSc1nc(Cl)n2cccc2n1. The molecule has 2 rings (SSSR count). The predicted molar refractivity (Wildman–Crippen MR) is 49.8 cm³/mol. The van der Waals surface area contributed by atoms with Gasteiger partial charge in [-0.2, -0.15) is 4.98 Å². The van der Waals surface area contributed by atoms with Gasteiger partial charge in [0.15, 0.2) is 5.16 Å². The molecule has 5 heteroatoms. The smallest absolute Gasteiger partial charge is 0.210 e. The van der Waals surface area contributed by atoms with Gasteiger partial charge in [-0.1, -0.05) is 11.8 Å². The maximum atomic E-state index is 5.88. The van der Waals surface area contributed by atoms with Crippen LogP contribution in [0, 0.1) is 0 Å². The minimum absolute atomic E-state index is 0.453. The Hall–Kier alpha value is -0.740. The molecule has 62 valence electrons. The van der Waals surface area contributed by atoms with Gasteiger partial charge in [-0.3, -0.25) is 4.40 Å². The first-order valence-corrected chi connectivity index (χ1v) is 4.96. The van der Waals surface area contributed by atoms with Crippen molar-refractivity contribution in [3.05, 3.63) is 23.6 Å². The van der Waals surface area contributed by atoms with Gasteiger partial charge in [0.25, 0.3) is 0 Å². The van der Waals surface area contributed by atoms with Gasteiger partial charge in [0.05, 0.1) is 0 Å². The number of hydrogen-bond donors (Lipinski definition) is 0. The van der Waals surface area contributed by atoms with Crippen LogP contribution in [0.4, 0.5) is 0 Å². The van der Waals surface area contributed by atoms with Gasteiger partial charge in [-0.05, 0) is 30.0 Å². The van der Waals surface area contributed by atoms with Gasteiger partial charge in [-0.15, -0.1) is 0 Å². The summed E-state index contributed by atoms with van der Waals surface area (Å²) in [7, 11) is 0. The van der Waals surface area contributed by atoms with Crippen LogP contribution >= 0.6 is 23.4 Å². The van der Waals surface area contributed by atoms with Crippen LogP contribution in [0.15, 0.2) is 23.5 Å². The highest BCUT2D eigenvalue weighted by Crippen LogP contribution is 2.15. The van der Waals surface area contributed by atoms with E-state index in [0.717, 1.165) is 5.65 Å². The molecule has 0 bridgehead atoms. The maximum absolute atomic E-state index is 5.88. The van der Waals surface area contributed by atoms with Crippen LogP contribution in [-0.2, 0) is 0 Å². The molecular formula is C7H6ClN3S. The lowest BCUT2D eigenvalue weighted by Gasteiger charge is -1.98. The van der Waals surface area contributed by atoms with E-state index in [4.69, 9.17) is 11.6 Å². The van der Waals surface area contributed by atoms with Gasteiger partial charge in [0.2, 0.25) is 5.28 Å². The summed E-state index contributed by atoms with van der Waals surface area (Å²) < 4.78 is 1.74. The summed E-state index contributed by atoms with van der Waals surface area (Å²) >= 11 is 7.36. The van der Waals surface area contributed by atoms with E-state index in [-0.39, 0.29) is 0 Å². The van der Waals surface area contributed by atoms with Gasteiger partial charge in [-0.25, -0.2) is 4.98 Å². The van der Waals surface area contributed by atoms with Crippen molar-refractivity contribution in [2.45, 2.75) is 5.16 Å². The fourth-order valence-corrected chi connectivity index (χ4v) is 1.60. The summed E-state index contributed by atoms with van der Waals surface area (Å²) in [5, 5.41) is 1.15. The number of aromatic nitrogens is 3. The Morgan fingerprint density at radius 1 is 1.50 bits per heavy atom. The van der Waals surface area contributed by atoms with Gasteiger partial charge in [0.1, 0.15) is 5.65 Å². The summed E-state index contributed by atoms with van der Waals surface area (Å²) in [5.74, 6) is 0. The first kappa shape index (κ1) is 7.89. The van der Waals surface area contributed by atoms with Gasteiger partial charge < -0.3 is 0 Å². The van der Waals surface area contributed by atoms with E-state index >= 15 is 0 Å². The van der Waals surface area contributed by atoms with Gasteiger partial charge >= 0.3 is 0 Å². The van der Waals surface area contributed by atoms with E-state index in [0.29, 0.717) is 10.4 Å². The molecule has 0 aliphatic carbocycles. The van der Waals surface area contributed by atoms with Crippen molar-refractivity contribution in [2.24, 2.45) is 0 Å². The van der Waals surface area contributed by atoms with Crippen molar-refractivity contribution in [3.63, 3.8) is 0 Å². The minimum Gasteiger partial charge on any atom is -0.276 e. The Labute approximate surface area is 78.8 Å². The molecule has 0 amide bonds. The molecule has 2 aromatic rings. The monoisotopic (exact) mass is 199 g/mol. The molecule has 0 fully saturated rings. The van der Waals surface area contributed by atoms with Crippen molar-refractivity contribution in [1.29, 1.82) is 0 Å². The first-order valence-electron chi connectivity index (χ1n) is 3.36. The second-order valence-electron chi connectivity index (χ2n) is 2.22. The Balaban J connectivity index is 2.75. The molecule has 2 aromatic heterocycles. The molecule has 0 radical (unpaired) electrons. The lowest BCUT2D eigenvalue weighted by Crippen LogP contribution is -1.94. The number of hydrogen-bond acceptors (Lipinski definition) is 3. The zero-order valence-corrected chi connectivity index (χ0v) is 7.93. The van der Waals surface area contributed by atoms with E-state index in [1.54, 1.807) is 4.40 Å². The van der Waals surface area contributed by atoms with E-state index < -0.39 is 0 Å². The third-order valence-corrected chi connectivity index (χ3v) is 2.32. The van der Waals surface area contributed by atoms with Crippen LogP contribution in [0.5, 0.6) is 0 Å². The van der Waals surface area contributed by atoms with E-state index in [9.17, 15) is 0 Å². The second-order valence-corrected chi connectivity index (χ2v) is 3.33. The summed E-state index contributed by atoms with van der Waals surface area (Å²) in [5.41, 5.74) is 0.833. The molecule has 0 saturated carbocycles. The van der Waals surface area contributed by atoms with Crippen molar-refractivity contribution >= 4 is 29.0 Å². The summed E-state index contributed by atoms with van der Waals surface area (Å²) in [4.78, 5) is 8.32. The number of nitrogens with zero attached hydrogens (tertiary/aromatic N) is 3. The quantitative estimate of drug-likeness (QED) is 0.659. The van der Waals surface area contributed by atoms with Crippen molar-refractivity contribution in [3.8, 4) is 0 Å². The molecule has 0 aromatic carbocycles. The molecule has 0 aliphatic rings. The largest absolute Gasteiger partial charge is 0.276 e. The highest BCUT2D eigenvalue weighted by atomic mass is 35.5. The lowest BCUT2D eigenvalue weighted by atomic mass is 10.6. The predicted octanol–water partition coefficient (Wildman–Crippen LogP) is 2.10. The third kappa shape index (κ3) is 1.17. The molecule has 3 nitrogen and oxygen atoms in total. The van der Waals surface area contributed by atoms with Crippen molar-refractivity contribution in [1.82, 2.24) is 14.4 Å². The molecule has 0 N–H and O–H groups in total. The Kier molecular flexibility index (Phi) is 1.94. The summed E-state index contributed by atoms with van der Waals surface area (Å²) in [6, 6.07) is 3.78. The minimum atomic E-state index is 0.453. The van der Waals surface area contributed by atoms with Crippen LogP contribution < -0.4 is 0 Å². The maximum Gasteiger partial charge on any atom is 0.210 e. The molecule has 0 saturated heterocycles. The van der Waals surface area contributed by atoms with Gasteiger partial charge in [0, 0.05) is 6.20 Å². The highest BCUT2D eigenvalue weighted by Gasteiger charge is 2.02. The van der Waals surface area contributed by atoms with Crippen LogP contribution in [-0.4, -0.2) is 20.6 Å². The third-order valence-electron chi connectivity index (χ3n) is 1.51. The summed E-state index contributed by atoms with van der Waals surface area (Å²) in [6.07, 6.45) is 3.76. The van der Waals surface area contributed by atoms with Crippen molar-refractivity contribution < 1.29 is 0 Å². The number of halogens is 1. The fraction of sp³-hybridized carbons (Fsp3) is 0.143. The van der Waals surface area contributed by atoms with Crippen LogP contribution in [0.25, 0.3) is 5.65 Å². The van der Waals surface area contributed by atoms with Crippen LogP contribution in [0.1, 0.15) is 0 Å². The number of thioether (sulfide) groups is 1. The van der Waals surface area contributed by atoms with E-state index in [1.165, 1.54) is 11.8 Å². The van der Waals surface area contributed by atoms with E-state index in [1.807, 2.05) is 24.6 Å². The molecule has 0 spiro atoms. The molecule has 0 aliphatic heterocycles. The van der Waals surface area contributed by atoms with E-state index in [2.05, 4.69) is 9.97 Å². The Morgan fingerprint density at radius 3 is 3.08 bits per heavy atom. The average Bonchev–Trinajstić information content (AvgIpc) is 2.52. The second kappa shape index (κ2) is 2.95. The Morgan fingerprint density at radius 2 is 2.33 bits per heavy atom. The molecule has 12 heavy (non-hydrogen) atoms. The zero-order chi connectivity index (χ0) is 8.55. The van der Waals surface area contributed by atoms with Crippen LogP contribution in [0.3, 0.4) is 0 Å². The zero-order valence-electron chi connectivity index (χ0n) is 6.36. The lowest BCUT2D eigenvalue weighted by molar-refractivity contribution is 0.908. The average molecular weight is 200 g/mol. The highest BCUT2D eigenvalue weighted by molar-refractivity contribution is 7.98. The first-order chi connectivity index (χ1) is 5.81. The van der Waals surface area contributed by atoms with Crippen LogP contribution in [0.2, 0.25) is 5.28 Å². The topological polar surface area (TPSA) is 30.2 Å². The summed E-state index contributed by atoms with van der Waals surface area (Å²) in [6.45, 7) is 0. The molecular weight excluding hydrogens is 194 g/mol. The molecule has 0 atom stereocenters. The molecule has 0 unspecified atom stereocenters. The molecule has 2 heterocycles. The Bertz CT molecular complexity index is 412. The fourth-order valence-electron chi connectivity index (χ4n) is 0.966. The number of fused-ring (bicyclic) bond motifs is 1. The normalized spacial score (nSPS) is 10.8. The number of rotatable bonds is 1.